The number of piperidine rings is 2. The Morgan fingerprint density at radius 1 is 1.17 bits per heavy atom. The minimum Gasteiger partial charge on any atom is -0.341 e. The van der Waals surface area contributed by atoms with Crippen molar-refractivity contribution in [2.45, 2.75) is 45.6 Å². The Morgan fingerprint density at radius 2 is 1.78 bits per heavy atom. The molecule has 1 N–H and O–H groups in total. The molecule has 1 spiro atoms. The van der Waals surface area contributed by atoms with Crippen LogP contribution in [-0.2, 0) is 9.59 Å². The van der Waals surface area contributed by atoms with E-state index < -0.39 is 0 Å². The van der Waals surface area contributed by atoms with Crippen molar-refractivity contribution in [3.05, 3.63) is 24.0 Å². The monoisotopic (exact) mass is 317 g/mol. The second-order valence-corrected chi connectivity index (χ2v) is 7.01. The van der Waals surface area contributed by atoms with Crippen LogP contribution in [0.15, 0.2) is 18.3 Å². The van der Waals surface area contributed by atoms with Gasteiger partial charge in [0.05, 0.1) is 0 Å². The number of carbonyl (C=O) groups is 3. The molecule has 6 nitrogen and oxygen atoms in total. The highest BCUT2D eigenvalue weighted by Gasteiger charge is 2.42. The number of aromatic nitrogens is 1. The van der Waals surface area contributed by atoms with E-state index >= 15 is 0 Å². The van der Waals surface area contributed by atoms with Gasteiger partial charge in [-0.2, -0.15) is 0 Å². The average molecular weight is 317 g/mol. The Bertz CT molecular complexity index is 621. The van der Waals surface area contributed by atoms with Crippen LogP contribution in [-0.4, -0.2) is 40.3 Å². The third-order valence-electron chi connectivity index (χ3n) is 5.02. The van der Waals surface area contributed by atoms with Crippen LogP contribution in [0.1, 0.15) is 56.1 Å². The number of amides is 3. The van der Waals surface area contributed by atoms with Gasteiger partial charge >= 0.3 is 0 Å². The molecule has 6 heteroatoms. The van der Waals surface area contributed by atoms with E-state index in [0.29, 0.717) is 44.5 Å². The number of hydrogen-bond acceptors (Lipinski definition) is 3. The smallest absolute Gasteiger partial charge is 0.270 e. The molecule has 0 bridgehead atoms. The van der Waals surface area contributed by atoms with Crippen molar-refractivity contribution in [2.24, 2.45) is 5.41 Å². The maximum Gasteiger partial charge on any atom is 0.270 e. The molecular formula is C17H23N3O3. The molecule has 3 amide bonds. The lowest BCUT2D eigenvalue weighted by atomic mass is 9.71. The molecule has 3 heterocycles. The quantitative estimate of drug-likeness (QED) is 0.844. The Labute approximate surface area is 135 Å². The number of carbonyl (C=O) groups excluding carboxylic acids is 3. The van der Waals surface area contributed by atoms with Gasteiger partial charge in [0.15, 0.2) is 0 Å². The second-order valence-electron chi connectivity index (χ2n) is 7.01. The fourth-order valence-corrected chi connectivity index (χ4v) is 3.71. The van der Waals surface area contributed by atoms with Crippen molar-refractivity contribution in [1.29, 1.82) is 0 Å². The zero-order valence-corrected chi connectivity index (χ0v) is 13.7. The molecule has 23 heavy (non-hydrogen) atoms. The summed E-state index contributed by atoms with van der Waals surface area (Å²) in [5.41, 5.74) is 0.449. The predicted octanol–water partition coefficient (Wildman–Crippen LogP) is 1.73. The van der Waals surface area contributed by atoms with E-state index in [0.717, 1.165) is 0 Å². The van der Waals surface area contributed by atoms with Gasteiger partial charge < -0.3 is 9.47 Å². The summed E-state index contributed by atoms with van der Waals surface area (Å²) < 4.78 is 1.98. The van der Waals surface area contributed by atoms with E-state index in [-0.39, 0.29) is 29.2 Å². The molecule has 2 saturated heterocycles. The summed E-state index contributed by atoms with van der Waals surface area (Å²) in [6.07, 6.45) is 4.13. The topological polar surface area (TPSA) is 71.4 Å². The summed E-state index contributed by atoms with van der Waals surface area (Å²) >= 11 is 0. The summed E-state index contributed by atoms with van der Waals surface area (Å²) in [5.74, 6) is -0.338. The van der Waals surface area contributed by atoms with Crippen molar-refractivity contribution in [2.75, 3.05) is 13.1 Å². The van der Waals surface area contributed by atoms with Gasteiger partial charge in [-0.05, 0) is 44.2 Å². The third-order valence-corrected chi connectivity index (χ3v) is 5.02. The molecule has 0 aromatic carbocycles. The molecule has 1 aromatic heterocycles. The third kappa shape index (κ3) is 3.02. The average Bonchev–Trinajstić information content (AvgIpc) is 2.95. The highest BCUT2D eigenvalue weighted by molar-refractivity contribution is 5.98. The number of nitrogens with zero attached hydrogens (tertiary/aromatic N) is 2. The van der Waals surface area contributed by atoms with Gasteiger partial charge in [-0.15, -0.1) is 0 Å². The van der Waals surface area contributed by atoms with Crippen molar-refractivity contribution in [1.82, 2.24) is 14.8 Å². The molecule has 0 aliphatic carbocycles. The Balaban J connectivity index is 1.69. The summed E-state index contributed by atoms with van der Waals surface area (Å²) in [5, 5.41) is 2.37. The molecule has 124 valence electrons. The maximum atomic E-state index is 12.7. The van der Waals surface area contributed by atoms with E-state index in [4.69, 9.17) is 0 Å². The van der Waals surface area contributed by atoms with Crippen LogP contribution in [0.5, 0.6) is 0 Å². The van der Waals surface area contributed by atoms with Crippen molar-refractivity contribution >= 4 is 17.7 Å². The van der Waals surface area contributed by atoms with Gasteiger partial charge in [0, 0.05) is 38.2 Å². The molecule has 1 aromatic rings. The van der Waals surface area contributed by atoms with Crippen LogP contribution < -0.4 is 5.32 Å². The first-order valence-corrected chi connectivity index (χ1v) is 8.19. The Kier molecular flexibility index (Phi) is 4.00. The van der Waals surface area contributed by atoms with Gasteiger partial charge in [-0.1, -0.05) is 0 Å². The minimum absolute atomic E-state index is 0.0325. The molecule has 2 fully saturated rings. The fraction of sp³-hybridized carbons (Fsp3) is 0.588. The van der Waals surface area contributed by atoms with Crippen LogP contribution >= 0.6 is 0 Å². The second kappa shape index (κ2) is 5.83. The first-order valence-electron chi connectivity index (χ1n) is 8.19. The lowest BCUT2D eigenvalue weighted by Gasteiger charge is -2.43. The van der Waals surface area contributed by atoms with Crippen LogP contribution in [0.2, 0.25) is 0 Å². The van der Waals surface area contributed by atoms with Gasteiger partial charge in [-0.25, -0.2) is 0 Å². The minimum atomic E-state index is -0.254. The normalized spacial score (nSPS) is 20.9. The van der Waals surface area contributed by atoms with Crippen LogP contribution in [0.4, 0.5) is 0 Å². The number of nitrogens with one attached hydrogen (secondary N) is 1. The van der Waals surface area contributed by atoms with E-state index in [1.54, 1.807) is 0 Å². The summed E-state index contributed by atoms with van der Waals surface area (Å²) in [7, 11) is 0. The summed E-state index contributed by atoms with van der Waals surface area (Å²) in [6.45, 7) is 5.30. The van der Waals surface area contributed by atoms with Gasteiger partial charge in [0.1, 0.15) is 5.69 Å². The van der Waals surface area contributed by atoms with Gasteiger partial charge in [-0.3, -0.25) is 19.7 Å². The fourth-order valence-electron chi connectivity index (χ4n) is 3.71. The van der Waals surface area contributed by atoms with E-state index in [1.165, 1.54) is 0 Å². The van der Waals surface area contributed by atoms with E-state index in [9.17, 15) is 14.4 Å². The number of rotatable bonds is 2. The van der Waals surface area contributed by atoms with Crippen LogP contribution in [0, 0.1) is 5.41 Å². The molecule has 2 aliphatic rings. The zero-order chi connectivity index (χ0) is 16.6. The molecule has 0 atom stereocenters. The first-order chi connectivity index (χ1) is 10.9. The Morgan fingerprint density at radius 3 is 2.35 bits per heavy atom. The van der Waals surface area contributed by atoms with E-state index in [2.05, 4.69) is 5.32 Å². The number of likely N-dealkylation sites (tertiary alicyclic amines) is 1. The molecule has 0 unspecified atom stereocenters. The maximum absolute atomic E-state index is 12.7. The lowest BCUT2D eigenvalue weighted by molar-refractivity contribution is -0.139. The lowest BCUT2D eigenvalue weighted by Crippen LogP contribution is -2.51. The van der Waals surface area contributed by atoms with Gasteiger partial charge in [0.25, 0.3) is 5.91 Å². The Hall–Kier alpha value is -2.11. The number of hydrogen-bond donors (Lipinski definition) is 1. The summed E-state index contributed by atoms with van der Waals surface area (Å²) in [6, 6.07) is 3.98. The highest BCUT2D eigenvalue weighted by atomic mass is 16.2. The van der Waals surface area contributed by atoms with Crippen molar-refractivity contribution in [3.8, 4) is 0 Å². The zero-order valence-electron chi connectivity index (χ0n) is 13.7. The molecule has 3 rings (SSSR count). The van der Waals surface area contributed by atoms with Gasteiger partial charge in [0.2, 0.25) is 11.8 Å². The molecule has 0 saturated carbocycles. The molecule has 0 radical (unpaired) electrons. The van der Waals surface area contributed by atoms with E-state index in [1.807, 2.05) is 41.6 Å². The number of imide groups is 1. The van der Waals surface area contributed by atoms with Crippen molar-refractivity contribution < 1.29 is 14.4 Å². The SMILES string of the molecule is CC(C)n1cccc1C(=O)N1CCC2(CC1)CC(=O)NC(=O)C2. The predicted molar refractivity (Wildman–Crippen MR) is 84.8 cm³/mol. The summed E-state index contributed by atoms with van der Waals surface area (Å²) in [4.78, 5) is 37.9. The molecule has 2 aliphatic heterocycles. The largest absolute Gasteiger partial charge is 0.341 e. The van der Waals surface area contributed by atoms with Crippen molar-refractivity contribution in [3.63, 3.8) is 0 Å². The molecular weight excluding hydrogens is 294 g/mol. The first kappa shape index (κ1) is 15.8. The standard InChI is InChI=1S/C17H23N3O3/c1-12(2)20-7-3-4-13(20)16(23)19-8-5-17(6-9-19)10-14(21)18-15(22)11-17/h3-4,7,12H,5-6,8-11H2,1-2H3,(H,18,21,22). The highest BCUT2D eigenvalue weighted by Crippen LogP contribution is 2.40. The van der Waals surface area contributed by atoms with Crippen LogP contribution in [0.3, 0.4) is 0 Å². The van der Waals surface area contributed by atoms with Crippen LogP contribution in [0.25, 0.3) is 0 Å².